The van der Waals surface area contributed by atoms with E-state index in [0.29, 0.717) is 0 Å². The summed E-state index contributed by atoms with van der Waals surface area (Å²) in [7, 11) is 0. The lowest BCUT2D eigenvalue weighted by Crippen LogP contribution is -1.62. The first-order valence-electron chi connectivity index (χ1n) is 3.99. The van der Waals surface area contributed by atoms with Crippen LogP contribution in [0.5, 0.6) is 0 Å². The number of aryl methyl sites for hydroxylation is 1. The van der Waals surface area contributed by atoms with Crippen LogP contribution in [-0.2, 0) is 0 Å². The first-order valence-corrected chi connectivity index (χ1v) is 3.99. The van der Waals surface area contributed by atoms with Crippen molar-refractivity contribution in [3.8, 4) is 0 Å². The molecular weight excluding hydrogens is 170 g/mol. The molecule has 1 nitrogen and oxygen atoms in total. The van der Waals surface area contributed by atoms with Gasteiger partial charge in [0.2, 0.25) is 0 Å². The van der Waals surface area contributed by atoms with E-state index in [1.165, 1.54) is 5.56 Å². The van der Waals surface area contributed by atoms with Crippen LogP contribution in [0, 0.1) is 6.92 Å². The van der Waals surface area contributed by atoms with E-state index in [1.807, 2.05) is 42.7 Å². The van der Waals surface area contributed by atoms with E-state index >= 15 is 0 Å². The SMILES string of the molecule is Cc1ccccc1.[MgH2].c1cc[nH]c1. The van der Waals surface area contributed by atoms with Gasteiger partial charge < -0.3 is 4.98 Å². The van der Waals surface area contributed by atoms with E-state index in [9.17, 15) is 0 Å². The van der Waals surface area contributed by atoms with E-state index in [-0.39, 0.29) is 23.1 Å². The lowest BCUT2D eigenvalue weighted by molar-refractivity contribution is 1.42. The molecule has 2 heteroatoms. The van der Waals surface area contributed by atoms with Crippen LogP contribution < -0.4 is 0 Å². The highest BCUT2D eigenvalue weighted by molar-refractivity contribution is 5.75. The summed E-state index contributed by atoms with van der Waals surface area (Å²) in [4.78, 5) is 2.86. The monoisotopic (exact) mass is 185 g/mol. The van der Waals surface area contributed by atoms with E-state index in [1.54, 1.807) is 0 Å². The van der Waals surface area contributed by atoms with Crippen molar-refractivity contribution in [2.45, 2.75) is 6.92 Å². The molecule has 1 heterocycles. The van der Waals surface area contributed by atoms with Crippen molar-refractivity contribution in [3.05, 3.63) is 60.4 Å². The number of aromatic nitrogens is 1. The van der Waals surface area contributed by atoms with Gasteiger partial charge in [0.25, 0.3) is 0 Å². The summed E-state index contributed by atoms with van der Waals surface area (Å²) in [6.07, 6.45) is 3.75. The Balaban J connectivity index is 0.000000215. The number of aromatic amines is 1. The molecule has 1 aromatic heterocycles. The summed E-state index contributed by atoms with van der Waals surface area (Å²) >= 11 is 0. The molecule has 0 radical (unpaired) electrons. The molecule has 0 bridgehead atoms. The normalized spacial score (nSPS) is 7.77. The number of hydrogen-bond acceptors (Lipinski definition) is 0. The van der Waals surface area contributed by atoms with E-state index in [2.05, 4.69) is 24.0 Å². The third kappa shape index (κ3) is 6.43. The Morgan fingerprint density at radius 2 is 1.38 bits per heavy atom. The van der Waals surface area contributed by atoms with Gasteiger partial charge in [-0.05, 0) is 19.1 Å². The molecule has 0 unspecified atom stereocenters. The summed E-state index contributed by atoms with van der Waals surface area (Å²) in [5, 5.41) is 0. The Kier molecular flexibility index (Phi) is 7.45. The van der Waals surface area contributed by atoms with Gasteiger partial charge in [0.1, 0.15) is 0 Å². The van der Waals surface area contributed by atoms with Crippen molar-refractivity contribution >= 4 is 23.1 Å². The Labute approximate surface area is 95.3 Å². The van der Waals surface area contributed by atoms with Gasteiger partial charge in [-0.2, -0.15) is 0 Å². The first kappa shape index (κ1) is 12.3. The minimum absolute atomic E-state index is 0. The Morgan fingerprint density at radius 3 is 1.62 bits per heavy atom. The predicted octanol–water partition coefficient (Wildman–Crippen LogP) is 2.09. The Hall–Kier alpha value is -0.734. The summed E-state index contributed by atoms with van der Waals surface area (Å²) in [5.41, 5.74) is 1.32. The maximum Gasteiger partial charge on any atom is 0.316 e. The van der Waals surface area contributed by atoms with Gasteiger partial charge in [-0.25, -0.2) is 0 Å². The number of nitrogens with one attached hydrogen (secondary N) is 1. The fourth-order valence-electron chi connectivity index (χ4n) is 0.812. The van der Waals surface area contributed by atoms with Crippen molar-refractivity contribution < 1.29 is 0 Å². The maximum atomic E-state index is 2.86. The first-order chi connectivity index (χ1) is 5.89. The molecule has 0 amide bonds. The Bertz CT molecular complexity index is 259. The van der Waals surface area contributed by atoms with Crippen molar-refractivity contribution in [1.82, 2.24) is 4.98 Å². The van der Waals surface area contributed by atoms with Gasteiger partial charge in [-0.15, -0.1) is 0 Å². The minimum atomic E-state index is 0. The van der Waals surface area contributed by atoms with E-state index in [4.69, 9.17) is 0 Å². The van der Waals surface area contributed by atoms with Gasteiger partial charge in [0.15, 0.2) is 0 Å². The topological polar surface area (TPSA) is 15.8 Å². The molecule has 0 saturated carbocycles. The van der Waals surface area contributed by atoms with Gasteiger partial charge in [-0.1, -0.05) is 35.9 Å². The number of H-pyrrole nitrogens is 1. The second kappa shape index (κ2) is 7.89. The van der Waals surface area contributed by atoms with Crippen LogP contribution in [-0.4, -0.2) is 28.0 Å². The van der Waals surface area contributed by atoms with E-state index in [0.717, 1.165) is 0 Å². The molecule has 0 atom stereocenters. The largest absolute Gasteiger partial charge is 0.368 e. The Morgan fingerprint density at radius 1 is 0.846 bits per heavy atom. The molecule has 0 aliphatic heterocycles. The van der Waals surface area contributed by atoms with Crippen LogP contribution in [0.2, 0.25) is 0 Å². The summed E-state index contributed by atoms with van der Waals surface area (Å²) < 4.78 is 0. The summed E-state index contributed by atoms with van der Waals surface area (Å²) in [5.74, 6) is 0. The molecule has 66 valence electrons. The van der Waals surface area contributed by atoms with Gasteiger partial charge >= 0.3 is 23.1 Å². The highest BCUT2D eigenvalue weighted by Gasteiger charge is 1.72. The lowest BCUT2D eigenvalue weighted by Gasteiger charge is -1.82. The third-order valence-corrected chi connectivity index (χ3v) is 1.44. The van der Waals surface area contributed by atoms with Crippen LogP contribution in [0.15, 0.2) is 54.9 Å². The zero-order chi connectivity index (χ0) is 8.65. The van der Waals surface area contributed by atoms with Crippen LogP contribution in [0.25, 0.3) is 0 Å². The fourth-order valence-corrected chi connectivity index (χ4v) is 0.812. The van der Waals surface area contributed by atoms with Crippen LogP contribution in [0.1, 0.15) is 5.56 Å². The minimum Gasteiger partial charge on any atom is -0.368 e. The average molecular weight is 186 g/mol. The summed E-state index contributed by atoms with van der Waals surface area (Å²) in [6, 6.07) is 14.2. The lowest BCUT2D eigenvalue weighted by atomic mass is 10.2. The predicted molar refractivity (Wildman–Crippen MR) is 60.5 cm³/mol. The maximum absolute atomic E-state index is 2.86. The molecule has 1 N–H and O–H groups in total. The zero-order valence-electron chi connectivity index (χ0n) is 7.20. The average Bonchev–Trinajstić information content (AvgIpc) is 2.62. The van der Waals surface area contributed by atoms with Crippen LogP contribution in [0.3, 0.4) is 0 Å². The molecule has 1 aromatic carbocycles. The third-order valence-electron chi connectivity index (χ3n) is 1.44. The molecule has 0 saturated heterocycles. The summed E-state index contributed by atoms with van der Waals surface area (Å²) in [6.45, 7) is 2.08. The van der Waals surface area contributed by atoms with Gasteiger partial charge in [0, 0.05) is 12.4 Å². The van der Waals surface area contributed by atoms with Crippen LogP contribution in [0.4, 0.5) is 0 Å². The zero-order valence-corrected chi connectivity index (χ0v) is 7.20. The molecule has 13 heavy (non-hydrogen) atoms. The van der Waals surface area contributed by atoms with Gasteiger partial charge in [-0.3, -0.25) is 0 Å². The quantitative estimate of drug-likeness (QED) is 0.605. The second-order valence-corrected chi connectivity index (χ2v) is 2.54. The number of rotatable bonds is 0. The van der Waals surface area contributed by atoms with Crippen molar-refractivity contribution in [1.29, 1.82) is 0 Å². The molecule has 0 spiro atoms. The van der Waals surface area contributed by atoms with Crippen LogP contribution >= 0.6 is 0 Å². The molecular formula is C11H15MgN. The van der Waals surface area contributed by atoms with Gasteiger partial charge in [0.05, 0.1) is 0 Å². The number of benzene rings is 1. The molecule has 2 rings (SSSR count). The highest BCUT2D eigenvalue weighted by atomic mass is 24.3. The van der Waals surface area contributed by atoms with E-state index < -0.39 is 0 Å². The smallest absolute Gasteiger partial charge is 0.316 e. The fraction of sp³-hybridized carbons (Fsp3) is 0.0909. The second-order valence-electron chi connectivity index (χ2n) is 2.54. The standard InChI is InChI=1S/C7H8.C4H5N.Mg.2H/c1-7-5-3-2-4-6-7;1-2-4-5-3-1;;;/h2-6H,1H3;1-5H;;;. The molecule has 2 aromatic rings. The highest BCUT2D eigenvalue weighted by Crippen LogP contribution is 1.92. The molecule has 0 aliphatic carbocycles. The molecule has 0 fully saturated rings. The van der Waals surface area contributed by atoms with Crippen molar-refractivity contribution in [2.24, 2.45) is 0 Å². The van der Waals surface area contributed by atoms with Crippen molar-refractivity contribution in [3.63, 3.8) is 0 Å². The molecule has 0 aliphatic rings. The number of hydrogen-bond donors (Lipinski definition) is 1. The van der Waals surface area contributed by atoms with Crippen molar-refractivity contribution in [2.75, 3.05) is 0 Å².